The number of cyclic esters (lactones) is 1. The van der Waals surface area contributed by atoms with Crippen molar-refractivity contribution in [3.05, 3.63) is 30.1 Å². The molecule has 0 radical (unpaired) electrons. The van der Waals surface area contributed by atoms with E-state index < -0.39 is 41.4 Å². The van der Waals surface area contributed by atoms with Crippen LogP contribution in [0.25, 0.3) is 0 Å². The fourth-order valence-electron chi connectivity index (χ4n) is 7.27. The summed E-state index contributed by atoms with van der Waals surface area (Å²) in [6, 6.07) is 5.79. The highest BCUT2D eigenvalue weighted by Gasteiger charge is 2.51. The van der Waals surface area contributed by atoms with Crippen LogP contribution in [0.2, 0.25) is 0 Å². The van der Waals surface area contributed by atoms with Gasteiger partial charge in [0.2, 0.25) is 0 Å². The molecule has 1 aromatic heterocycles. The van der Waals surface area contributed by atoms with Gasteiger partial charge in [0.25, 0.3) is 0 Å². The molecule has 0 bridgehead atoms. The summed E-state index contributed by atoms with van der Waals surface area (Å²) in [4.78, 5) is 38.8. The molecule has 254 valence electrons. The Morgan fingerprint density at radius 1 is 1.16 bits per heavy atom. The van der Waals surface area contributed by atoms with Gasteiger partial charge in [-0.2, -0.15) is 0 Å². The van der Waals surface area contributed by atoms with E-state index in [0.29, 0.717) is 18.8 Å². The Bertz CT molecular complexity index is 1130. The molecule has 45 heavy (non-hydrogen) atoms. The number of ketones is 1. The molecule has 3 aliphatic rings. The Hall–Kier alpha value is -1.99. The molecule has 0 amide bonds. The Morgan fingerprint density at radius 2 is 1.87 bits per heavy atom. The summed E-state index contributed by atoms with van der Waals surface area (Å²) < 4.78 is 24.8. The van der Waals surface area contributed by atoms with Crippen molar-refractivity contribution in [2.75, 3.05) is 54.5 Å². The molecule has 4 rings (SSSR count). The first-order chi connectivity index (χ1) is 21.2. The van der Waals surface area contributed by atoms with Gasteiger partial charge in [-0.15, -0.1) is 0 Å². The number of carbonyl (C=O) groups is 2. The number of Topliss-reactive ketones (excluding diaryl/α,β-unsaturated/α-hetero) is 1. The predicted molar refractivity (Wildman–Crippen MR) is 170 cm³/mol. The number of likely N-dealkylation sites (tertiary alicyclic amines) is 1. The van der Waals surface area contributed by atoms with Gasteiger partial charge in [0.15, 0.2) is 12.1 Å². The smallest absolute Gasteiger partial charge is 0.319 e. The van der Waals surface area contributed by atoms with Gasteiger partial charge < -0.3 is 29.0 Å². The van der Waals surface area contributed by atoms with Gasteiger partial charge >= 0.3 is 5.97 Å². The molecule has 0 spiro atoms. The summed E-state index contributed by atoms with van der Waals surface area (Å²) in [6.07, 6.45) is 1.02. The molecule has 3 aliphatic heterocycles. The normalized spacial score (nSPS) is 36.5. The number of methoxy groups -OCH3 is 1. The zero-order valence-corrected chi connectivity index (χ0v) is 28.8. The number of nitrogens with zero attached hydrogens (tertiary/aromatic N) is 4. The van der Waals surface area contributed by atoms with Crippen molar-refractivity contribution in [1.82, 2.24) is 19.7 Å². The molecular formula is C34H56N4O7. The Balaban J connectivity index is 1.55. The highest BCUT2D eigenvalue weighted by Crippen LogP contribution is 2.37. The van der Waals surface area contributed by atoms with E-state index in [-0.39, 0.29) is 30.6 Å². The third-order valence-corrected chi connectivity index (χ3v) is 10.4. The lowest BCUT2D eigenvalue weighted by Crippen LogP contribution is -2.59. The summed E-state index contributed by atoms with van der Waals surface area (Å²) in [7, 11) is 7.55. The molecule has 1 aromatic rings. The van der Waals surface area contributed by atoms with Crippen LogP contribution in [-0.4, -0.2) is 133 Å². The van der Waals surface area contributed by atoms with E-state index in [2.05, 4.69) is 21.8 Å². The Kier molecular flexibility index (Phi) is 11.8. The summed E-state index contributed by atoms with van der Waals surface area (Å²) in [6.45, 7) is 12.5. The number of rotatable bonds is 7. The molecule has 1 N–H and O–H groups in total. The molecule has 11 nitrogen and oxygen atoms in total. The van der Waals surface area contributed by atoms with Gasteiger partial charge in [0.05, 0.1) is 23.5 Å². The number of esters is 1. The zero-order chi connectivity index (χ0) is 33.1. The summed E-state index contributed by atoms with van der Waals surface area (Å²) in [5, 5.41) is 11.3. The van der Waals surface area contributed by atoms with Crippen molar-refractivity contribution in [2.24, 2.45) is 17.3 Å². The van der Waals surface area contributed by atoms with Crippen LogP contribution in [0, 0.1) is 17.3 Å². The number of aromatic nitrogens is 1. The fourth-order valence-corrected chi connectivity index (χ4v) is 7.27. The average Bonchev–Trinajstić information content (AvgIpc) is 2.98. The number of hydrogen-bond donors (Lipinski definition) is 1. The van der Waals surface area contributed by atoms with E-state index >= 15 is 0 Å². The molecule has 3 saturated heterocycles. The van der Waals surface area contributed by atoms with Crippen molar-refractivity contribution >= 4 is 11.8 Å². The first kappa shape index (κ1) is 35.9. The van der Waals surface area contributed by atoms with Gasteiger partial charge in [-0.3, -0.25) is 24.4 Å². The number of aliphatic hydroxyl groups is 1. The fraction of sp³-hybridized carbons (Fsp3) is 0.794. The third-order valence-electron chi connectivity index (χ3n) is 10.4. The quantitative estimate of drug-likeness (QED) is 0.354. The molecule has 8 atom stereocenters. The second-order valence-corrected chi connectivity index (χ2v) is 14.4. The van der Waals surface area contributed by atoms with E-state index in [1.807, 2.05) is 57.2 Å². The summed E-state index contributed by atoms with van der Waals surface area (Å²) in [5.74, 6) is -1.27. The second-order valence-electron chi connectivity index (χ2n) is 14.4. The number of ether oxygens (including phenoxy) is 4. The lowest BCUT2D eigenvalue weighted by atomic mass is 9.75. The van der Waals surface area contributed by atoms with Gasteiger partial charge in [-0.25, -0.2) is 0 Å². The van der Waals surface area contributed by atoms with Gasteiger partial charge in [-0.05, 0) is 86.8 Å². The predicted octanol–water partition coefficient (Wildman–Crippen LogP) is 2.60. The van der Waals surface area contributed by atoms with Crippen LogP contribution in [0.5, 0.6) is 0 Å². The van der Waals surface area contributed by atoms with E-state index in [9.17, 15) is 14.7 Å². The van der Waals surface area contributed by atoms with Crippen molar-refractivity contribution in [3.8, 4) is 0 Å². The molecule has 11 heteroatoms. The zero-order valence-electron chi connectivity index (χ0n) is 28.8. The van der Waals surface area contributed by atoms with Crippen LogP contribution >= 0.6 is 0 Å². The van der Waals surface area contributed by atoms with Crippen LogP contribution in [-0.2, 0) is 35.1 Å². The van der Waals surface area contributed by atoms with Crippen LogP contribution < -0.4 is 0 Å². The molecule has 1 unspecified atom stereocenters. The molecular weight excluding hydrogens is 576 g/mol. The first-order valence-corrected chi connectivity index (χ1v) is 16.4. The van der Waals surface area contributed by atoms with Crippen molar-refractivity contribution in [1.29, 1.82) is 0 Å². The van der Waals surface area contributed by atoms with Crippen molar-refractivity contribution < 1.29 is 33.6 Å². The monoisotopic (exact) mass is 632 g/mol. The highest BCUT2D eigenvalue weighted by atomic mass is 16.7. The third kappa shape index (κ3) is 8.12. The number of hydrogen-bond acceptors (Lipinski definition) is 11. The van der Waals surface area contributed by atoms with Gasteiger partial charge in [0, 0.05) is 56.9 Å². The number of carbonyl (C=O) groups excluding carboxylic acids is 2. The lowest BCUT2D eigenvalue weighted by molar-refractivity contribution is -0.295. The minimum atomic E-state index is -1.41. The molecule has 0 aromatic carbocycles. The molecule has 0 aliphatic carbocycles. The molecule has 4 heterocycles. The standard InChI is InChI=1S/C34H56N4O7/c1-22-17-26(36(6)7)28(39)31(44-22)45-30-23(2)29(40)33(3,4)32(41)43-21-27(37(8)16-12-14-34(30,5)42-9)24-18-38(19-24)20-25-13-10-11-15-35-25/h10-11,13,15,22-24,26-28,30-31,39H,12,14,16-21H2,1-9H3/t22-,23+,26?,27+,28-,30-,31+,34-/m1/s1. The second kappa shape index (κ2) is 14.8. The van der Waals surface area contributed by atoms with Crippen LogP contribution in [0.15, 0.2) is 24.4 Å². The maximum absolute atomic E-state index is 14.1. The van der Waals surface area contributed by atoms with E-state index in [1.54, 1.807) is 27.9 Å². The number of aliphatic hydroxyl groups excluding tert-OH is 1. The minimum absolute atomic E-state index is 0.00843. The van der Waals surface area contributed by atoms with Gasteiger partial charge in [-0.1, -0.05) is 13.0 Å². The Morgan fingerprint density at radius 3 is 2.49 bits per heavy atom. The largest absolute Gasteiger partial charge is 0.463 e. The number of pyridine rings is 1. The Labute approximate surface area is 269 Å². The first-order valence-electron chi connectivity index (χ1n) is 16.4. The summed E-state index contributed by atoms with van der Waals surface area (Å²) in [5.41, 5.74) is -1.27. The summed E-state index contributed by atoms with van der Waals surface area (Å²) >= 11 is 0. The highest BCUT2D eigenvalue weighted by molar-refractivity contribution is 6.04. The minimum Gasteiger partial charge on any atom is -0.463 e. The maximum Gasteiger partial charge on any atom is 0.319 e. The number of likely N-dealkylation sites (N-methyl/N-ethyl adjacent to an activating group) is 2. The maximum atomic E-state index is 14.1. The van der Waals surface area contributed by atoms with Crippen LogP contribution in [0.1, 0.15) is 59.6 Å². The van der Waals surface area contributed by atoms with Gasteiger partial charge in [0.1, 0.15) is 18.1 Å². The SMILES string of the molecule is CO[C@]1(C)CCCN(C)[C@H](C2CN(Cc3ccccn3)C2)COC(=O)C(C)(C)C(=O)[C@H](C)[C@H]1O[C@@H]1O[C@H](C)CC(N(C)C)[C@H]1O. The molecule has 0 saturated carbocycles. The van der Waals surface area contributed by atoms with E-state index in [0.717, 1.165) is 38.3 Å². The van der Waals surface area contributed by atoms with E-state index in [1.165, 1.54) is 0 Å². The lowest BCUT2D eigenvalue weighted by Gasteiger charge is -2.46. The average molecular weight is 633 g/mol. The van der Waals surface area contributed by atoms with Crippen molar-refractivity contribution in [3.63, 3.8) is 0 Å². The van der Waals surface area contributed by atoms with E-state index in [4.69, 9.17) is 18.9 Å². The van der Waals surface area contributed by atoms with Crippen molar-refractivity contribution in [2.45, 2.75) is 103 Å². The van der Waals surface area contributed by atoms with Crippen LogP contribution in [0.4, 0.5) is 0 Å². The molecule has 3 fully saturated rings. The topological polar surface area (TPSA) is 114 Å². The van der Waals surface area contributed by atoms with Crippen LogP contribution in [0.3, 0.4) is 0 Å².